The molecule has 0 saturated carbocycles. The molecule has 0 spiro atoms. The Morgan fingerprint density at radius 1 is 0.259 bits per heavy atom. The van der Waals surface area contributed by atoms with Crippen LogP contribution in [0.2, 0.25) is 0 Å². The Kier molecular flexibility index (Phi) is 45.3. The first-order chi connectivity index (χ1) is 38.9. The molecule has 0 unspecified atom stereocenters. The monoisotopic (exact) mass is 1180 g/mol. The van der Waals surface area contributed by atoms with Crippen molar-refractivity contribution in [2.45, 2.75) is 346 Å². The molecule has 81 heavy (non-hydrogen) atoms. The molecule has 6 nitrogen and oxygen atoms in total. The SMILES string of the molecule is CCCCCCCCCCCCCc1ccc2c(S(=O)(=O)[O-])ccc(CCCCCCCCCCCCC)c2c1.CCCCCCCCCCCCCc1ccc2c(S(=O)(=O)[O-])ccc(CCCCCCCCCCCCC)c2c1.[Ca+2]. The Bertz CT molecular complexity index is 2230. The Hall–Kier alpha value is -1.52. The van der Waals surface area contributed by atoms with Crippen LogP contribution in [-0.4, -0.2) is 63.7 Å². The summed E-state index contributed by atoms with van der Waals surface area (Å²) in [6, 6.07) is 19.0. The molecule has 4 aromatic rings. The third kappa shape index (κ3) is 35.0. The molecular formula is C72H118CaO6S2. The normalized spacial score (nSPS) is 11.8. The molecule has 456 valence electrons. The van der Waals surface area contributed by atoms with Gasteiger partial charge in [-0.2, -0.15) is 0 Å². The zero-order valence-corrected chi connectivity index (χ0v) is 56.5. The van der Waals surface area contributed by atoms with Crippen molar-refractivity contribution in [3.05, 3.63) is 82.9 Å². The summed E-state index contributed by atoms with van der Waals surface area (Å²) in [6.07, 6.45) is 62.1. The van der Waals surface area contributed by atoms with Gasteiger partial charge in [0, 0.05) is 0 Å². The van der Waals surface area contributed by atoms with Crippen LogP contribution in [0, 0.1) is 0 Å². The molecule has 9 heteroatoms. The fraction of sp³-hybridized carbons (Fsp3) is 0.722. The van der Waals surface area contributed by atoms with Crippen molar-refractivity contribution in [3.8, 4) is 0 Å². The molecule has 0 aliphatic rings. The fourth-order valence-corrected chi connectivity index (χ4v) is 13.3. The summed E-state index contributed by atoms with van der Waals surface area (Å²) < 4.78 is 71.6. The average Bonchev–Trinajstić information content (AvgIpc) is 3.50. The van der Waals surface area contributed by atoms with Gasteiger partial charge < -0.3 is 9.11 Å². The summed E-state index contributed by atoms with van der Waals surface area (Å²) >= 11 is 0. The van der Waals surface area contributed by atoms with E-state index < -0.39 is 20.2 Å². The number of unbranched alkanes of at least 4 members (excludes halogenated alkanes) is 40. The van der Waals surface area contributed by atoms with Crippen LogP contribution in [0.15, 0.2) is 70.5 Å². The van der Waals surface area contributed by atoms with E-state index in [0.29, 0.717) is 10.8 Å². The van der Waals surface area contributed by atoms with Gasteiger partial charge in [0.1, 0.15) is 20.2 Å². The maximum Gasteiger partial charge on any atom is 2.00 e. The van der Waals surface area contributed by atoms with E-state index >= 15 is 0 Å². The molecule has 0 radical (unpaired) electrons. The van der Waals surface area contributed by atoms with E-state index in [1.807, 2.05) is 36.4 Å². The Morgan fingerprint density at radius 3 is 0.691 bits per heavy atom. The number of fused-ring (bicyclic) bond motifs is 2. The van der Waals surface area contributed by atoms with Crippen molar-refractivity contribution in [2.75, 3.05) is 0 Å². The van der Waals surface area contributed by atoms with E-state index in [0.717, 1.165) is 62.1 Å². The van der Waals surface area contributed by atoms with E-state index in [9.17, 15) is 25.9 Å². The molecule has 0 aliphatic carbocycles. The van der Waals surface area contributed by atoms with Gasteiger partial charge >= 0.3 is 37.7 Å². The number of hydrogen-bond donors (Lipinski definition) is 0. The molecule has 0 fully saturated rings. The van der Waals surface area contributed by atoms with Crippen LogP contribution < -0.4 is 0 Å². The van der Waals surface area contributed by atoms with Crippen LogP contribution in [0.25, 0.3) is 21.5 Å². The molecule has 0 atom stereocenters. The van der Waals surface area contributed by atoms with E-state index in [1.165, 1.54) is 291 Å². The average molecular weight is 1180 g/mol. The third-order valence-corrected chi connectivity index (χ3v) is 18.8. The predicted molar refractivity (Wildman–Crippen MR) is 350 cm³/mol. The minimum Gasteiger partial charge on any atom is -0.744 e. The molecule has 0 N–H and O–H groups in total. The van der Waals surface area contributed by atoms with Crippen LogP contribution in [0.4, 0.5) is 0 Å². The van der Waals surface area contributed by atoms with Crippen LogP contribution >= 0.6 is 0 Å². The van der Waals surface area contributed by atoms with Crippen molar-refractivity contribution in [1.82, 2.24) is 0 Å². The van der Waals surface area contributed by atoms with E-state index in [1.54, 1.807) is 0 Å². The molecule has 0 amide bonds. The van der Waals surface area contributed by atoms with Gasteiger partial charge in [-0.15, -0.1) is 0 Å². The van der Waals surface area contributed by atoms with Gasteiger partial charge in [-0.25, -0.2) is 16.8 Å². The zero-order valence-electron chi connectivity index (χ0n) is 52.7. The minimum atomic E-state index is -4.49. The minimum absolute atomic E-state index is 0. The first-order valence-electron chi connectivity index (χ1n) is 33.9. The van der Waals surface area contributed by atoms with Crippen molar-refractivity contribution < 1.29 is 25.9 Å². The van der Waals surface area contributed by atoms with Crippen LogP contribution in [0.3, 0.4) is 0 Å². The van der Waals surface area contributed by atoms with Crippen LogP contribution in [-0.2, 0) is 45.9 Å². The standard InChI is InChI=1S/2C36H60O3S.Ca/c2*1-3-5-7-9-11-13-15-17-19-21-23-25-32-27-29-34-35(31-32)33(28-30-36(34)40(37,38)39)26-24-22-20-18-16-14-12-10-8-6-4-2;/h2*27-31H,3-26H2,1-2H3,(H,37,38,39);/q;;+2/p-2. The molecule has 0 aromatic heterocycles. The van der Waals surface area contributed by atoms with Crippen LogP contribution in [0.5, 0.6) is 0 Å². The number of rotatable bonds is 50. The molecule has 0 heterocycles. The van der Waals surface area contributed by atoms with Crippen molar-refractivity contribution in [3.63, 3.8) is 0 Å². The molecule has 0 saturated heterocycles. The Balaban J connectivity index is 0.000000547. The van der Waals surface area contributed by atoms with Crippen molar-refractivity contribution in [2.24, 2.45) is 0 Å². The van der Waals surface area contributed by atoms with Crippen molar-refractivity contribution >= 4 is 79.5 Å². The van der Waals surface area contributed by atoms with Gasteiger partial charge in [-0.1, -0.05) is 333 Å². The van der Waals surface area contributed by atoms with E-state index in [4.69, 9.17) is 0 Å². The van der Waals surface area contributed by atoms with E-state index in [2.05, 4.69) is 39.8 Å². The summed E-state index contributed by atoms with van der Waals surface area (Å²) in [7, 11) is -8.99. The second-order valence-electron chi connectivity index (χ2n) is 24.3. The van der Waals surface area contributed by atoms with Gasteiger partial charge in [0.05, 0.1) is 9.79 Å². The topological polar surface area (TPSA) is 114 Å². The summed E-state index contributed by atoms with van der Waals surface area (Å²) in [6.45, 7) is 9.07. The predicted octanol–water partition coefficient (Wildman–Crippen LogP) is 22.5. The maximum absolute atomic E-state index is 11.9. The van der Waals surface area contributed by atoms with Gasteiger partial charge in [0.25, 0.3) is 0 Å². The third-order valence-electron chi connectivity index (χ3n) is 17.0. The van der Waals surface area contributed by atoms with Gasteiger partial charge in [0.2, 0.25) is 0 Å². The van der Waals surface area contributed by atoms with Gasteiger partial charge in [-0.3, -0.25) is 0 Å². The molecule has 0 aliphatic heterocycles. The summed E-state index contributed by atoms with van der Waals surface area (Å²) in [5, 5.41) is 3.12. The smallest absolute Gasteiger partial charge is 0.744 e. The molecule has 4 aromatic carbocycles. The molecule has 4 rings (SSSR count). The quantitative estimate of drug-likeness (QED) is 0.0247. The van der Waals surface area contributed by atoms with E-state index in [-0.39, 0.29) is 47.5 Å². The van der Waals surface area contributed by atoms with Gasteiger partial charge in [-0.05, 0) is 107 Å². The fourth-order valence-electron chi connectivity index (χ4n) is 12.0. The zero-order chi connectivity index (χ0) is 57.8. The maximum atomic E-state index is 11.9. The number of aryl methyl sites for hydroxylation is 4. The largest absolute Gasteiger partial charge is 2.00 e. The number of hydrogen-bond acceptors (Lipinski definition) is 6. The molecule has 0 bridgehead atoms. The summed E-state index contributed by atoms with van der Waals surface area (Å²) in [5.74, 6) is 0. The second-order valence-corrected chi connectivity index (χ2v) is 27.0. The van der Waals surface area contributed by atoms with Crippen LogP contribution in [0.1, 0.15) is 332 Å². The first kappa shape index (κ1) is 75.6. The Morgan fingerprint density at radius 2 is 0.469 bits per heavy atom. The van der Waals surface area contributed by atoms with Crippen molar-refractivity contribution in [1.29, 1.82) is 0 Å². The molecular weight excluding hydrogens is 1060 g/mol. The number of benzene rings is 4. The summed E-state index contributed by atoms with van der Waals surface area (Å²) in [5.41, 5.74) is 4.87. The second kappa shape index (κ2) is 48.6. The van der Waals surface area contributed by atoms with Gasteiger partial charge in [0.15, 0.2) is 0 Å². The first-order valence-corrected chi connectivity index (χ1v) is 36.8. The Labute approximate surface area is 529 Å². The summed E-state index contributed by atoms with van der Waals surface area (Å²) in [4.78, 5) is -0.155.